The highest BCUT2D eigenvalue weighted by atomic mass is 15.0. The van der Waals surface area contributed by atoms with Gasteiger partial charge in [-0.05, 0) is 49.9 Å². The molecule has 0 unspecified atom stereocenters. The van der Waals surface area contributed by atoms with E-state index in [1.165, 1.54) is 33.0 Å². The van der Waals surface area contributed by atoms with Gasteiger partial charge in [0.2, 0.25) is 0 Å². The lowest BCUT2D eigenvalue weighted by Gasteiger charge is -2.21. The van der Waals surface area contributed by atoms with Gasteiger partial charge in [-0.1, -0.05) is 135 Å². The fourth-order valence-corrected chi connectivity index (χ4v) is 6.42. The molecular weight excluding hydrogens is 498 g/mol. The maximum absolute atomic E-state index is 5.10. The molecule has 0 saturated carbocycles. The van der Waals surface area contributed by atoms with Crippen LogP contribution >= 0.6 is 0 Å². The van der Waals surface area contributed by atoms with Crippen LogP contribution in [0.25, 0.3) is 66.8 Å². The molecule has 0 N–H and O–H groups in total. The standard InChI is InChI=1S/C38H27N3/c1-38(2)32-18-9-8-16-30(32)34-31-23-27(20-19-25(31)21-22-33(34)38)36-39-35(26-12-4-3-5-13-26)40-37(41-36)29-17-10-14-24-11-6-7-15-28(24)29/h3-23H,1-2H3. The Morgan fingerprint density at radius 3 is 1.95 bits per heavy atom. The Labute approximate surface area is 239 Å². The zero-order valence-corrected chi connectivity index (χ0v) is 23.0. The monoisotopic (exact) mass is 525 g/mol. The lowest BCUT2D eigenvalue weighted by atomic mass is 9.82. The fourth-order valence-electron chi connectivity index (χ4n) is 6.42. The highest BCUT2D eigenvalue weighted by Crippen LogP contribution is 2.51. The van der Waals surface area contributed by atoms with Crippen molar-refractivity contribution in [1.82, 2.24) is 15.0 Å². The average molecular weight is 526 g/mol. The number of rotatable bonds is 3. The lowest BCUT2D eigenvalue weighted by molar-refractivity contribution is 0.661. The van der Waals surface area contributed by atoms with E-state index < -0.39 is 0 Å². The summed E-state index contributed by atoms with van der Waals surface area (Å²) < 4.78 is 0. The van der Waals surface area contributed by atoms with Crippen LogP contribution in [-0.2, 0) is 5.41 Å². The Morgan fingerprint density at radius 2 is 1.07 bits per heavy atom. The van der Waals surface area contributed by atoms with Crippen molar-refractivity contribution >= 4 is 21.5 Å². The molecule has 0 aliphatic heterocycles. The van der Waals surface area contributed by atoms with Crippen molar-refractivity contribution in [3.8, 4) is 45.3 Å². The van der Waals surface area contributed by atoms with E-state index in [0.29, 0.717) is 17.5 Å². The summed E-state index contributed by atoms with van der Waals surface area (Å²) in [4.78, 5) is 15.1. The van der Waals surface area contributed by atoms with Crippen LogP contribution in [0, 0.1) is 0 Å². The third-order valence-electron chi connectivity index (χ3n) is 8.52. The summed E-state index contributed by atoms with van der Waals surface area (Å²) in [5.74, 6) is 2.02. The van der Waals surface area contributed by atoms with Crippen molar-refractivity contribution in [2.24, 2.45) is 0 Å². The predicted octanol–water partition coefficient (Wildman–Crippen LogP) is 9.49. The molecule has 0 saturated heterocycles. The van der Waals surface area contributed by atoms with Crippen LogP contribution in [0.2, 0.25) is 0 Å². The third-order valence-corrected chi connectivity index (χ3v) is 8.52. The maximum Gasteiger partial charge on any atom is 0.164 e. The van der Waals surface area contributed by atoms with Gasteiger partial charge in [-0.25, -0.2) is 15.0 Å². The molecule has 0 amide bonds. The minimum atomic E-state index is -0.0503. The van der Waals surface area contributed by atoms with E-state index in [0.717, 1.165) is 27.5 Å². The largest absolute Gasteiger partial charge is 0.208 e. The highest BCUT2D eigenvalue weighted by molar-refractivity contribution is 6.04. The molecule has 3 heteroatoms. The molecule has 0 fully saturated rings. The summed E-state index contributed by atoms with van der Waals surface area (Å²) in [6, 6.07) is 44.8. The first-order valence-electron chi connectivity index (χ1n) is 14.0. The summed E-state index contributed by atoms with van der Waals surface area (Å²) in [7, 11) is 0. The summed E-state index contributed by atoms with van der Waals surface area (Å²) in [6.07, 6.45) is 0. The summed E-state index contributed by atoms with van der Waals surface area (Å²) >= 11 is 0. The molecule has 3 nitrogen and oxygen atoms in total. The lowest BCUT2D eigenvalue weighted by Crippen LogP contribution is -2.14. The van der Waals surface area contributed by atoms with Crippen LogP contribution < -0.4 is 0 Å². The van der Waals surface area contributed by atoms with Crippen molar-refractivity contribution in [3.63, 3.8) is 0 Å². The van der Waals surface area contributed by atoms with E-state index >= 15 is 0 Å². The number of nitrogens with zero attached hydrogens (tertiary/aromatic N) is 3. The third kappa shape index (κ3) is 3.70. The minimum Gasteiger partial charge on any atom is -0.208 e. The van der Waals surface area contributed by atoms with Gasteiger partial charge in [0, 0.05) is 22.1 Å². The number of hydrogen-bond donors (Lipinski definition) is 0. The maximum atomic E-state index is 5.10. The second kappa shape index (κ2) is 8.94. The molecule has 0 bridgehead atoms. The molecule has 41 heavy (non-hydrogen) atoms. The Bertz CT molecular complexity index is 2120. The minimum absolute atomic E-state index is 0.0503. The van der Waals surface area contributed by atoms with Gasteiger partial charge in [-0.3, -0.25) is 0 Å². The van der Waals surface area contributed by atoms with Crippen molar-refractivity contribution in [2.45, 2.75) is 19.3 Å². The molecule has 1 aromatic heterocycles. The smallest absolute Gasteiger partial charge is 0.164 e. The highest BCUT2D eigenvalue weighted by Gasteiger charge is 2.36. The van der Waals surface area contributed by atoms with Crippen molar-refractivity contribution in [3.05, 3.63) is 139 Å². The zero-order chi connectivity index (χ0) is 27.6. The summed E-state index contributed by atoms with van der Waals surface area (Å²) in [5.41, 5.74) is 8.26. The topological polar surface area (TPSA) is 38.7 Å². The Morgan fingerprint density at radius 1 is 0.439 bits per heavy atom. The zero-order valence-electron chi connectivity index (χ0n) is 23.0. The van der Waals surface area contributed by atoms with Crippen LogP contribution in [-0.4, -0.2) is 15.0 Å². The number of benzene rings is 6. The number of fused-ring (bicyclic) bond motifs is 6. The first kappa shape index (κ1) is 23.7. The van der Waals surface area contributed by atoms with E-state index in [9.17, 15) is 0 Å². The van der Waals surface area contributed by atoms with Gasteiger partial charge in [0.1, 0.15) is 0 Å². The molecule has 0 atom stereocenters. The van der Waals surface area contributed by atoms with Gasteiger partial charge in [0.15, 0.2) is 17.5 Å². The molecule has 194 valence electrons. The fraction of sp³-hybridized carbons (Fsp3) is 0.0789. The first-order valence-corrected chi connectivity index (χ1v) is 14.0. The Kier molecular flexibility index (Phi) is 5.17. The molecule has 1 aliphatic carbocycles. The normalized spacial score (nSPS) is 13.3. The molecule has 6 aromatic carbocycles. The van der Waals surface area contributed by atoms with E-state index in [4.69, 9.17) is 15.0 Å². The van der Waals surface area contributed by atoms with Crippen molar-refractivity contribution < 1.29 is 0 Å². The van der Waals surface area contributed by atoms with E-state index in [1.807, 2.05) is 18.2 Å². The van der Waals surface area contributed by atoms with Crippen molar-refractivity contribution in [1.29, 1.82) is 0 Å². The van der Waals surface area contributed by atoms with E-state index in [2.05, 4.69) is 123 Å². The molecule has 1 aliphatic rings. The van der Waals surface area contributed by atoms with Gasteiger partial charge in [-0.15, -0.1) is 0 Å². The van der Waals surface area contributed by atoms with Crippen LogP contribution in [0.5, 0.6) is 0 Å². The molecule has 0 spiro atoms. The average Bonchev–Trinajstić information content (AvgIpc) is 3.27. The SMILES string of the molecule is CC1(C)c2ccccc2-c2c1ccc1ccc(-c3nc(-c4ccccc4)nc(-c4cccc5ccccc45)n3)cc21. The Balaban J connectivity index is 1.38. The number of aromatic nitrogens is 3. The second-order valence-corrected chi connectivity index (χ2v) is 11.3. The van der Waals surface area contributed by atoms with Gasteiger partial charge in [-0.2, -0.15) is 0 Å². The van der Waals surface area contributed by atoms with Gasteiger partial charge in [0.05, 0.1) is 0 Å². The van der Waals surface area contributed by atoms with Crippen LogP contribution in [0.1, 0.15) is 25.0 Å². The van der Waals surface area contributed by atoms with Crippen LogP contribution in [0.4, 0.5) is 0 Å². The number of hydrogen-bond acceptors (Lipinski definition) is 3. The molecule has 0 radical (unpaired) electrons. The quantitative estimate of drug-likeness (QED) is 0.231. The van der Waals surface area contributed by atoms with Crippen LogP contribution in [0.15, 0.2) is 127 Å². The summed E-state index contributed by atoms with van der Waals surface area (Å²) in [5, 5.41) is 4.73. The van der Waals surface area contributed by atoms with Crippen molar-refractivity contribution in [2.75, 3.05) is 0 Å². The second-order valence-electron chi connectivity index (χ2n) is 11.3. The predicted molar refractivity (Wildman–Crippen MR) is 169 cm³/mol. The first-order chi connectivity index (χ1) is 20.1. The van der Waals surface area contributed by atoms with Gasteiger partial charge in [0.25, 0.3) is 0 Å². The molecular formula is C38H27N3. The molecule has 8 rings (SSSR count). The Hall–Kier alpha value is -5.15. The van der Waals surface area contributed by atoms with Crippen LogP contribution in [0.3, 0.4) is 0 Å². The molecule has 1 heterocycles. The summed E-state index contributed by atoms with van der Waals surface area (Å²) in [6.45, 7) is 4.64. The molecule has 7 aromatic rings. The van der Waals surface area contributed by atoms with E-state index in [1.54, 1.807) is 0 Å². The van der Waals surface area contributed by atoms with E-state index in [-0.39, 0.29) is 5.41 Å². The van der Waals surface area contributed by atoms with Gasteiger partial charge >= 0.3 is 0 Å². The van der Waals surface area contributed by atoms with Gasteiger partial charge < -0.3 is 0 Å².